The summed E-state index contributed by atoms with van der Waals surface area (Å²) in [4.78, 5) is 4.14. The van der Waals surface area contributed by atoms with Crippen molar-refractivity contribution in [1.82, 2.24) is 0 Å². The van der Waals surface area contributed by atoms with Crippen LogP contribution in [0, 0.1) is 0 Å². The SMILES string of the molecule is C=Cc1ccccc1C(C)=NC. The first-order chi connectivity index (χ1) is 5.79. The summed E-state index contributed by atoms with van der Waals surface area (Å²) >= 11 is 0. The van der Waals surface area contributed by atoms with Gasteiger partial charge in [-0.15, -0.1) is 0 Å². The Morgan fingerprint density at radius 3 is 2.67 bits per heavy atom. The van der Waals surface area contributed by atoms with Crippen LogP contribution in [0.25, 0.3) is 6.08 Å². The maximum Gasteiger partial charge on any atom is 0.0392 e. The van der Waals surface area contributed by atoms with Gasteiger partial charge < -0.3 is 0 Å². The van der Waals surface area contributed by atoms with Crippen molar-refractivity contribution >= 4 is 11.8 Å². The molecule has 0 aliphatic heterocycles. The van der Waals surface area contributed by atoms with Gasteiger partial charge in [0, 0.05) is 18.3 Å². The average molecular weight is 159 g/mol. The molecule has 1 rings (SSSR count). The quantitative estimate of drug-likeness (QED) is 0.588. The molecule has 0 aliphatic rings. The van der Waals surface area contributed by atoms with Crippen LogP contribution in [0.1, 0.15) is 18.1 Å². The Bertz CT molecular complexity index is 311. The highest BCUT2D eigenvalue weighted by Crippen LogP contribution is 2.10. The van der Waals surface area contributed by atoms with Gasteiger partial charge >= 0.3 is 0 Å². The molecule has 0 unspecified atom stereocenters. The first kappa shape index (κ1) is 8.72. The lowest BCUT2D eigenvalue weighted by molar-refractivity contribution is 1.40. The smallest absolute Gasteiger partial charge is 0.0392 e. The van der Waals surface area contributed by atoms with Gasteiger partial charge in [0.25, 0.3) is 0 Å². The first-order valence-corrected chi connectivity index (χ1v) is 3.95. The first-order valence-electron chi connectivity index (χ1n) is 3.95. The molecule has 1 aromatic rings. The lowest BCUT2D eigenvalue weighted by Gasteiger charge is -2.03. The molecule has 1 nitrogen and oxygen atoms in total. The second kappa shape index (κ2) is 3.86. The Balaban J connectivity index is 3.22. The largest absolute Gasteiger partial charge is 0.293 e. The van der Waals surface area contributed by atoms with Crippen LogP contribution in [0.4, 0.5) is 0 Å². The van der Waals surface area contributed by atoms with Crippen LogP contribution >= 0.6 is 0 Å². The van der Waals surface area contributed by atoms with Gasteiger partial charge in [0.15, 0.2) is 0 Å². The van der Waals surface area contributed by atoms with Gasteiger partial charge in [-0.25, -0.2) is 0 Å². The molecule has 0 bridgehead atoms. The molecule has 0 saturated heterocycles. The number of rotatable bonds is 2. The predicted octanol–water partition coefficient (Wildman–Crippen LogP) is 2.77. The zero-order chi connectivity index (χ0) is 8.97. The number of hydrogen-bond acceptors (Lipinski definition) is 1. The monoisotopic (exact) mass is 159 g/mol. The van der Waals surface area contributed by atoms with E-state index in [2.05, 4.69) is 17.6 Å². The van der Waals surface area contributed by atoms with E-state index in [9.17, 15) is 0 Å². The number of benzene rings is 1. The van der Waals surface area contributed by atoms with Gasteiger partial charge in [-0.1, -0.05) is 36.9 Å². The van der Waals surface area contributed by atoms with E-state index in [1.165, 1.54) is 0 Å². The van der Waals surface area contributed by atoms with Crippen LogP contribution in [0.3, 0.4) is 0 Å². The third-order valence-electron chi connectivity index (χ3n) is 1.91. The Labute approximate surface area is 73.5 Å². The molecule has 62 valence electrons. The van der Waals surface area contributed by atoms with E-state index in [-0.39, 0.29) is 0 Å². The van der Waals surface area contributed by atoms with Gasteiger partial charge in [0.05, 0.1) is 0 Å². The fourth-order valence-electron chi connectivity index (χ4n) is 1.12. The molecule has 0 fully saturated rings. The van der Waals surface area contributed by atoms with Crippen molar-refractivity contribution in [3.63, 3.8) is 0 Å². The van der Waals surface area contributed by atoms with Gasteiger partial charge in [-0.3, -0.25) is 4.99 Å². The van der Waals surface area contributed by atoms with Crippen LogP contribution in [0.15, 0.2) is 35.8 Å². The minimum atomic E-state index is 1.05. The third kappa shape index (κ3) is 1.62. The molecule has 1 heteroatoms. The van der Waals surface area contributed by atoms with Crippen molar-refractivity contribution in [3.05, 3.63) is 42.0 Å². The normalized spacial score (nSPS) is 11.3. The van der Waals surface area contributed by atoms with Crippen molar-refractivity contribution in [2.45, 2.75) is 6.92 Å². The summed E-state index contributed by atoms with van der Waals surface area (Å²) in [5.41, 5.74) is 3.35. The van der Waals surface area contributed by atoms with Crippen molar-refractivity contribution in [1.29, 1.82) is 0 Å². The summed E-state index contributed by atoms with van der Waals surface area (Å²) in [5.74, 6) is 0. The lowest BCUT2D eigenvalue weighted by Crippen LogP contribution is -1.96. The number of aliphatic imine (C=N–C) groups is 1. The maximum atomic E-state index is 4.14. The van der Waals surface area contributed by atoms with Crippen LogP contribution < -0.4 is 0 Å². The molecule has 1 aromatic carbocycles. The van der Waals surface area contributed by atoms with E-state index in [4.69, 9.17) is 0 Å². The molecule has 0 saturated carbocycles. The Kier molecular flexibility index (Phi) is 2.81. The fraction of sp³-hybridized carbons (Fsp3) is 0.182. The van der Waals surface area contributed by atoms with Gasteiger partial charge in [0.2, 0.25) is 0 Å². The Morgan fingerprint density at radius 2 is 2.08 bits per heavy atom. The highest BCUT2D eigenvalue weighted by atomic mass is 14.7. The van der Waals surface area contributed by atoms with Crippen LogP contribution in [0.5, 0.6) is 0 Å². The topological polar surface area (TPSA) is 12.4 Å². The minimum absolute atomic E-state index is 1.05. The molecule has 0 heterocycles. The zero-order valence-corrected chi connectivity index (χ0v) is 7.54. The summed E-state index contributed by atoms with van der Waals surface area (Å²) in [7, 11) is 1.80. The molecule has 0 spiro atoms. The summed E-state index contributed by atoms with van der Waals surface area (Å²) in [6.45, 7) is 5.76. The zero-order valence-electron chi connectivity index (χ0n) is 7.54. The number of hydrogen-bond donors (Lipinski definition) is 0. The van der Waals surface area contributed by atoms with E-state index in [0.717, 1.165) is 16.8 Å². The van der Waals surface area contributed by atoms with E-state index in [1.54, 1.807) is 7.05 Å². The van der Waals surface area contributed by atoms with Crippen molar-refractivity contribution in [3.8, 4) is 0 Å². The highest BCUT2D eigenvalue weighted by Gasteiger charge is 1.99. The minimum Gasteiger partial charge on any atom is -0.293 e. The molecule has 12 heavy (non-hydrogen) atoms. The van der Waals surface area contributed by atoms with Crippen LogP contribution in [-0.4, -0.2) is 12.8 Å². The molecule has 0 amide bonds. The number of nitrogens with zero attached hydrogens (tertiary/aromatic N) is 1. The second-order valence-corrected chi connectivity index (χ2v) is 2.60. The molecule has 0 N–H and O–H groups in total. The second-order valence-electron chi connectivity index (χ2n) is 2.60. The summed E-state index contributed by atoms with van der Waals surface area (Å²) in [5, 5.41) is 0. The Hall–Kier alpha value is -1.37. The van der Waals surface area contributed by atoms with Crippen molar-refractivity contribution in [2.24, 2.45) is 4.99 Å². The van der Waals surface area contributed by atoms with Crippen LogP contribution in [0.2, 0.25) is 0 Å². The van der Waals surface area contributed by atoms with E-state index in [0.29, 0.717) is 0 Å². The summed E-state index contributed by atoms with van der Waals surface area (Å²) < 4.78 is 0. The maximum absolute atomic E-state index is 4.14. The van der Waals surface area contributed by atoms with Gasteiger partial charge in [-0.05, 0) is 12.5 Å². The van der Waals surface area contributed by atoms with Crippen molar-refractivity contribution in [2.75, 3.05) is 7.05 Å². The molecule has 0 aliphatic carbocycles. The summed E-state index contributed by atoms with van der Waals surface area (Å²) in [6.07, 6.45) is 1.85. The molecule has 0 atom stereocenters. The third-order valence-corrected chi connectivity index (χ3v) is 1.91. The lowest BCUT2D eigenvalue weighted by atomic mass is 10.0. The Morgan fingerprint density at radius 1 is 1.42 bits per heavy atom. The molecular formula is C11H13N. The predicted molar refractivity (Wildman–Crippen MR) is 54.7 cm³/mol. The van der Waals surface area contributed by atoms with Crippen molar-refractivity contribution < 1.29 is 0 Å². The highest BCUT2D eigenvalue weighted by molar-refractivity contribution is 6.01. The van der Waals surface area contributed by atoms with Gasteiger partial charge in [0.1, 0.15) is 0 Å². The molecule has 0 aromatic heterocycles. The molecular weight excluding hydrogens is 146 g/mol. The standard InChI is InChI=1S/C11H13N/c1-4-10-7-5-6-8-11(10)9(2)12-3/h4-8H,1H2,2-3H3. The average Bonchev–Trinajstić information content (AvgIpc) is 2.16. The van der Waals surface area contributed by atoms with E-state index in [1.807, 2.05) is 31.2 Å². The fourth-order valence-corrected chi connectivity index (χ4v) is 1.12. The molecule has 0 radical (unpaired) electrons. The van der Waals surface area contributed by atoms with Crippen LogP contribution in [-0.2, 0) is 0 Å². The van der Waals surface area contributed by atoms with Gasteiger partial charge in [-0.2, -0.15) is 0 Å². The van der Waals surface area contributed by atoms with E-state index >= 15 is 0 Å². The van der Waals surface area contributed by atoms with E-state index < -0.39 is 0 Å². The summed E-state index contributed by atoms with van der Waals surface area (Å²) in [6, 6.07) is 8.11.